The minimum Gasteiger partial charge on any atom is -0.345 e. The molecular formula is C13H19F4N3. The minimum absolute atomic E-state index is 0.105. The maximum Gasteiger partial charge on any atom is 0.405 e. The Labute approximate surface area is 116 Å². The van der Waals surface area contributed by atoms with Crippen molar-refractivity contribution in [2.24, 2.45) is 0 Å². The lowest BCUT2D eigenvalue weighted by molar-refractivity contribution is -0.119. The van der Waals surface area contributed by atoms with Gasteiger partial charge < -0.3 is 10.2 Å². The van der Waals surface area contributed by atoms with Crippen LogP contribution in [-0.4, -0.2) is 30.8 Å². The van der Waals surface area contributed by atoms with Gasteiger partial charge in [-0.05, 0) is 19.0 Å². The second-order valence-electron chi connectivity index (χ2n) is 4.42. The van der Waals surface area contributed by atoms with E-state index in [0.29, 0.717) is 18.5 Å². The van der Waals surface area contributed by atoms with Crippen molar-refractivity contribution < 1.29 is 17.6 Å². The Morgan fingerprint density at radius 1 is 1.30 bits per heavy atom. The standard InChI is InChI=1S/C13H19F4N3/c1-3-7-20(9-13(15,16)17)12-11(14)10(5-6-19-12)8-18-4-2/h5-6,18H,3-4,7-9H2,1-2H3. The summed E-state index contributed by atoms with van der Waals surface area (Å²) < 4.78 is 51.9. The van der Waals surface area contributed by atoms with Crippen LogP contribution in [0.15, 0.2) is 12.3 Å². The second kappa shape index (κ2) is 7.42. The van der Waals surface area contributed by atoms with Gasteiger partial charge in [0.2, 0.25) is 0 Å². The first-order valence-corrected chi connectivity index (χ1v) is 6.54. The van der Waals surface area contributed by atoms with Crippen LogP contribution in [-0.2, 0) is 6.54 Å². The average Bonchev–Trinajstić information content (AvgIpc) is 2.35. The highest BCUT2D eigenvalue weighted by Gasteiger charge is 2.32. The van der Waals surface area contributed by atoms with Crippen LogP contribution in [0.2, 0.25) is 0 Å². The molecule has 0 aliphatic carbocycles. The molecule has 1 aromatic rings. The molecule has 20 heavy (non-hydrogen) atoms. The van der Waals surface area contributed by atoms with Gasteiger partial charge >= 0.3 is 6.18 Å². The third kappa shape index (κ3) is 4.96. The maximum absolute atomic E-state index is 14.2. The zero-order valence-corrected chi connectivity index (χ0v) is 11.6. The van der Waals surface area contributed by atoms with Crippen molar-refractivity contribution in [1.29, 1.82) is 0 Å². The molecule has 0 bridgehead atoms. The lowest BCUT2D eigenvalue weighted by Crippen LogP contribution is -2.36. The van der Waals surface area contributed by atoms with E-state index in [1.807, 2.05) is 6.92 Å². The minimum atomic E-state index is -4.39. The van der Waals surface area contributed by atoms with E-state index in [0.717, 1.165) is 4.90 Å². The van der Waals surface area contributed by atoms with Crippen LogP contribution in [0.3, 0.4) is 0 Å². The van der Waals surface area contributed by atoms with Crippen LogP contribution >= 0.6 is 0 Å². The quantitative estimate of drug-likeness (QED) is 0.783. The van der Waals surface area contributed by atoms with E-state index in [2.05, 4.69) is 10.3 Å². The molecule has 1 aromatic heterocycles. The molecule has 0 aromatic carbocycles. The van der Waals surface area contributed by atoms with Gasteiger partial charge in [0, 0.05) is 24.8 Å². The predicted octanol–water partition coefficient (Wildman–Crippen LogP) is 3.11. The van der Waals surface area contributed by atoms with E-state index in [1.165, 1.54) is 12.3 Å². The van der Waals surface area contributed by atoms with Crippen molar-refractivity contribution in [3.63, 3.8) is 0 Å². The SMILES string of the molecule is CCCN(CC(F)(F)F)c1nccc(CNCC)c1F. The van der Waals surface area contributed by atoms with Gasteiger partial charge in [-0.2, -0.15) is 13.2 Å². The smallest absolute Gasteiger partial charge is 0.345 e. The van der Waals surface area contributed by atoms with Crippen LogP contribution < -0.4 is 10.2 Å². The number of nitrogens with one attached hydrogen (secondary N) is 1. The number of nitrogens with zero attached hydrogens (tertiary/aromatic N) is 2. The van der Waals surface area contributed by atoms with Crippen LogP contribution in [0.1, 0.15) is 25.8 Å². The van der Waals surface area contributed by atoms with Crippen molar-refractivity contribution in [3.8, 4) is 0 Å². The highest BCUT2D eigenvalue weighted by atomic mass is 19.4. The van der Waals surface area contributed by atoms with Gasteiger partial charge in [-0.15, -0.1) is 0 Å². The molecule has 1 rings (SSSR count). The highest BCUT2D eigenvalue weighted by molar-refractivity contribution is 5.43. The van der Waals surface area contributed by atoms with Gasteiger partial charge in [0.25, 0.3) is 0 Å². The summed E-state index contributed by atoms with van der Waals surface area (Å²) in [5.41, 5.74) is 0.320. The fraction of sp³-hybridized carbons (Fsp3) is 0.615. The van der Waals surface area contributed by atoms with Gasteiger partial charge in [0.1, 0.15) is 6.54 Å². The summed E-state index contributed by atoms with van der Waals surface area (Å²) >= 11 is 0. The molecule has 1 N–H and O–H groups in total. The second-order valence-corrected chi connectivity index (χ2v) is 4.42. The Balaban J connectivity index is 3.00. The Kier molecular flexibility index (Phi) is 6.19. The summed E-state index contributed by atoms with van der Waals surface area (Å²) in [6.07, 6.45) is -2.57. The van der Waals surface area contributed by atoms with Crippen molar-refractivity contribution in [2.45, 2.75) is 33.0 Å². The molecule has 7 heteroatoms. The summed E-state index contributed by atoms with van der Waals surface area (Å²) in [4.78, 5) is 4.71. The molecule has 0 spiro atoms. The summed E-state index contributed by atoms with van der Waals surface area (Å²) in [6, 6.07) is 1.47. The third-order valence-electron chi connectivity index (χ3n) is 2.68. The molecular weight excluding hydrogens is 274 g/mol. The number of rotatable bonds is 7. The topological polar surface area (TPSA) is 28.2 Å². The van der Waals surface area contributed by atoms with Crippen molar-refractivity contribution in [3.05, 3.63) is 23.6 Å². The van der Waals surface area contributed by atoms with E-state index in [4.69, 9.17) is 0 Å². The normalized spacial score (nSPS) is 11.7. The zero-order valence-electron chi connectivity index (χ0n) is 11.6. The number of aromatic nitrogens is 1. The molecule has 0 unspecified atom stereocenters. The molecule has 0 aliphatic heterocycles. The van der Waals surface area contributed by atoms with E-state index in [1.54, 1.807) is 6.92 Å². The van der Waals surface area contributed by atoms with Crippen molar-refractivity contribution >= 4 is 5.82 Å². The predicted molar refractivity (Wildman–Crippen MR) is 70.1 cm³/mol. The lowest BCUT2D eigenvalue weighted by Gasteiger charge is -2.25. The van der Waals surface area contributed by atoms with Gasteiger partial charge in [0.15, 0.2) is 11.6 Å². The van der Waals surface area contributed by atoms with E-state index < -0.39 is 18.5 Å². The molecule has 0 amide bonds. The molecule has 1 heterocycles. The highest BCUT2D eigenvalue weighted by Crippen LogP contribution is 2.24. The van der Waals surface area contributed by atoms with Gasteiger partial charge in [-0.1, -0.05) is 13.8 Å². The van der Waals surface area contributed by atoms with Crippen LogP contribution in [0.5, 0.6) is 0 Å². The summed E-state index contributed by atoms with van der Waals surface area (Å²) in [7, 11) is 0. The fourth-order valence-electron chi connectivity index (χ4n) is 1.83. The average molecular weight is 293 g/mol. The van der Waals surface area contributed by atoms with Gasteiger partial charge in [-0.3, -0.25) is 0 Å². The first-order valence-electron chi connectivity index (χ1n) is 6.54. The molecule has 114 valence electrons. The van der Waals surface area contributed by atoms with Crippen molar-refractivity contribution in [2.75, 3.05) is 24.5 Å². The summed E-state index contributed by atoms with van der Waals surface area (Å²) in [5.74, 6) is -0.925. The maximum atomic E-state index is 14.2. The molecule has 0 saturated carbocycles. The van der Waals surface area contributed by atoms with E-state index >= 15 is 0 Å². The summed E-state index contributed by atoms with van der Waals surface area (Å²) in [5, 5.41) is 2.94. The number of hydrogen-bond acceptors (Lipinski definition) is 3. The van der Waals surface area contributed by atoms with Gasteiger partial charge in [0.05, 0.1) is 0 Å². The first kappa shape index (κ1) is 16.7. The Bertz CT molecular complexity index is 421. The Morgan fingerprint density at radius 2 is 2.00 bits per heavy atom. The summed E-state index contributed by atoms with van der Waals surface area (Å²) in [6.45, 7) is 3.43. The van der Waals surface area contributed by atoms with Crippen LogP contribution in [0, 0.1) is 5.82 Å². The van der Waals surface area contributed by atoms with Crippen LogP contribution in [0.25, 0.3) is 0 Å². The van der Waals surface area contributed by atoms with Crippen LogP contribution in [0.4, 0.5) is 23.4 Å². The largest absolute Gasteiger partial charge is 0.405 e. The number of halogens is 4. The van der Waals surface area contributed by atoms with E-state index in [-0.39, 0.29) is 18.9 Å². The number of alkyl halides is 3. The van der Waals surface area contributed by atoms with E-state index in [9.17, 15) is 17.6 Å². The number of pyridine rings is 1. The molecule has 0 fully saturated rings. The van der Waals surface area contributed by atoms with Gasteiger partial charge in [-0.25, -0.2) is 9.37 Å². The Hall–Kier alpha value is -1.37. The van der Waals surface area contributed by atoms with Crippen molar-refractivity contribution in [1.82, 2.24) is 10.3 Å². The lowest BCUT2D eigenvalue weighted by atomic mass is 10.2. The molecule has 3 nitrogen and oxygen atoms in total. The monoisotopic (exact) mass is 293 g/mol. The number of hydrogen-bond donors (Lipinski definition) is 1. The third-order valence-corrected chi connectivity index (χ3v) is 2.68. The fourth-order valence-corrected chi connectivity index (χ4v) is 1.83. The number of anilines is 1. The molecule has 0 atom stereocenters. The molecule has 0 radical (unpaired) electrons. The Morgan fingerprint density at radius 3 is 2.55 bits per heavy atom. The first-order chi connectivity index (χ1) is 9.39. The molecule has 0 aliphatic rings. The zero-order chi connectivity index (χ0) is 15.2. The molecule has 0 saturated heterocycles.